The van der Waals surface area contributed by atoms with Crippen molar-refractivity contribution in [3.05, 3.63) is 59.2 Å². The first-order valence-electron chi connectivity index (χ1n) is 14.3. The van der Waals surface area contributed by atoms with Crippen LogP contribution in [0.3, 0.4) is 0 Å². The summed E-state index contributed by atoms with van der Waals surface area (Å²) in [5.74, 6) is 1.71. The smallest absolute Gasteiger partial charge is 0.226 e. The van der Waals surface area contributed by atoms with Gasteiger partial charge in [0.05, 0.1) is 17.1 Å². The molecule has 1 spiro atoms. The first-order chi connectivity index (χ1) is 18.0. The van der Waals surface area contributed by atoms with Gasteiger partial charge in [-0.05, 0) is 81.0 Å². The predicted octanol–water partition coefficient (Wildman–Crippen LogP) is 3.42. The van der Waals surface area contributed by atoms with Gasteiger partial charge in [-0.2, -0.15) is 0 Å². The Balaban J connectivity index is 1.16. The molecule has 2 aromatic rings. The van der Waals surface area contributed by atoms with Crippen molar-refractivity contribution in [2.45, 2.75) is 80.6 Å². The fourth-order valence-electron chi connectivity index (χ4n) is 8.95. The molecule has 3 heterocycles. The summed E-state index contributed by atoms with van der Waals surface area (Å²) >= 11 is 0. The first kappa shape index (κ1) is 22.4. The highest BCUT2D eigenvalue weighted by atomic mass is 16.5. The Morgan fingerprint density at radius 1 is 1.00 bits per heavy atom. The molecule has 2 aromatic carbocycles. The summed E-state index contributed by atoms with van der Waals surface area (Å²) in [6.45, 7) is 2.75. The SMILES string of the molecule is O=C1C(Cc2ccccc2)CCN1C1CC[C@@]2(O)[C@H]3Cc4ccc(O)c5c4[C@@]2(CCN3CC2CC2)C1O5. The molecule has 37 heavy (non-hydrogen) atoms. The minimum Gasteiger partial charge on any atom is -0.504 e. The van der Waals surface area contributed by atoms with E-state index in [1.807, 2.05) is 18.2 Å². The number of hydrogen-bond acceptors (Lipinski definition) is 5. The van der Waals surface area contributed by atoms with E-state index in [0.717, 1.165) is 63.2 Å². The van der Waals surface area contributed by atoms with E-state index in [1.54, 1.807) is 6.07 Å². The number of ether oxygens (including phenoxy) is 1. The predicted molar refractivity (Wildman–Crippen MR) is 139 cm³/mol. The molecule has 2 saturated carbocycles. The van der Waals surface area contributed by atoms with Gasteiger partial charge < -0.3 is 19.8 Å². The fourth-order valence-corrected chi connectivity index (χ4v) is 8.95. The van der Waals surface area contributed by atoms with Crippen molar-refractivity contribution in [2.75, 3.05) is 19.6 Å². The van der Waals surface area contributed by atoms with E-state index >= 15 is 0 Å². The molecule has 1 amide bonds. The van der Waals surface area contributed by atoms with Gasteiger partial charge in [-0.25, -0.2) is 0 Å². The summed E-state index contributed by atoms with van der Waals surface area (Å²) in [6.07, 6.45) is 6.94. The Labute approximate surface area is 218 Å². The molecule has 0 aromatic heterocycles. The third kappa shape index (κ3) is 2.97. The number of carbonyl (C=O) groups excluding carboxylic acids is 1. The lowest BCUT2D eigenvalue weighted by molar-refractivity contribution is -0.200. The molecule has 3 aliphatic heterocycles. The molecule has 2 N–H and O–H groups in total. The minimum atomic E-state index is -0.903. The van der Waals surface area contributed by atoms with E-state index in [9.17, 15) is 15.0 Å². The monoisotopic (exact) mass is 500 g/mol. The van der Waals surface area contributed by atoms with Crippen molar-refractivity contribution in [2.24, 2.45) is 11.8 Å². The second kappa shape index (κ2) is 7.73. The highest BCUT2D eigenvalue weighted by molar-refractivity contribution is 5.82. The van der Waals surface area contributed by atoms with Gasteiger partial charge in [0, 0.05) is 30.6 Å². The minimum absolute atomic E-state index is 0.00653. The van der Waals surface area contributed by atoms with Gasteiger partial charge in [0.2, 0.25) is 5.91 Å². The van der Waals surface area contributed by atoms with Gasteiger partial charge in [-0.1, -0.05) is 36.4 Å². The molecule has 6 nitrogen and oxygen atoms in total. The van der Waals surface area contributed by atoms with E-state index < -0.39 is 11.0 Å². The number of nitrogens with zero attached hydrogens (tertiary/aromatic N) is 2. The number of aliphatic hydroxyl groups is 1. The van der Waals surface area contributed by atoms with Crippen LogP contribution in [0.4, 0.5) is 0 Å². The largest absolute Gasteiger partial charge is 0.504 e. The number of benzene rings is 2. The number of hydrogen-bond donors (Lipinski definition) is 2. The van der Waals surface area contributed by atoms with Gasteiger partial charge in [-0.3, -0.25) is 9.69 Å². The van der Waals surface area contributed by atoms with E-state index in [4.69, 9.17) is 4.74 Å². The third-order valence-electron chi connectivity index (χ3n) is 10.8. The van der Waals surface area contributed by atoms with Crippen LogP contribution in [0.25, 0.3) is 0 Å². The van der Waals surface area contributed by atoms with Gasteiger partial charge in [-0.15, -0.1) is 0 Å². The average molecular weight is 501 g/mol. The lowest BCUT2D eigenvalue weighted by Gasteiger charge is -2.64. The second-order valence-corrected chi connectivity index (χ2v) is 12.6. The number of phenols is 1. The molecule has 6 atom stereocenters. The quantitative estimate of drug-likeness (QED) is 0.658. The lowest BCUT2D eigenvalue weighted by Crippen LogP contribution is -2.78. The van der Waals surface area contributed by atoms with Crippen molar-refractivity contribution in [1.82, 2.24) is 9.80 Å². The van der Waals surface area contributed by atoms with Gasteiger partial charge in [0.25, 0.3) is 0 Å². The number of phenolic OH excluding ortho intramolecular Hbond substituents is 1. The fraction of sp³-hybridized carbons (Fsp3) is 0.581. The summed E-state index contributed by atoms with van der Waals surface area (Å²) in [7, 11) is 0. The molecule has 3 unspecified atom stereocenters. The Morgan fingerprint density at radius 2 is 1.84 bits per heavy atom. The number of aromatic hydroxyl groups is 1. The molecule has 2 saturated heterocycles. The van der Waals surface area contributed by atoms with Crippen LogP contribution in [0, 0.1) is 11.8 Å². The van der Waals surface area contributed by atoms with E-state index in [1.165, 1.54) is 24.0 Å². The summed E-state index contributed by atoms with van der Waals surface area (Å²) in [5.41, 5.74) is 1.98. The summed E-state index contributed by atoms with van der Waals surface area (Å²) in [6, 6.07) is 14.1. The molecule has 6 aliphatic rings. The Hall–Kier alpha value is -2.57. The average Bonchev–Trinajstić information content (AvgIpc) is 3.55. The number of rotatable bonds is 5. The summed E-state index contributed by atoms with van der Waals surface area (Å²) in [4.78, 5) is 18.4. The van der Waals surface area contributed by atoms with Crippen LogP contribution >= 0.6 is 0 Å². The van der Waals surface area contributed by atoms with Crippen LogP contribution in [0.15, 0.2) is 42.5 Å². The molecule has 6 heteroatoms. The van der Waals surface area contributed by atoms with Crippen LogP contribution in [0.1, 0.15) is 55.2 Å². The van der Waals surface area contributed by atoms with Crippen molar-refractivity contribution in [3.63, 3.8) is 0 Å². The molecule has 0 radical (unpaired) electrons. The zero-order valence-corrected chi connectivity index (χ0v) is 21.3. The first-order valence-corrected chi connectivity index (χ1v) is 14.3. The zero-order chi connectivity index (χ0) is 24.9. The van der Waals surface area contributed by atoms with Crippen LogP contribution in [-0.4, -0.2) is 69.3 Å². The Kier molecular flexibility index (Phi) is 4.68. The maximum absolute atomic E-state index is 13.8. The number of amides is 1. The van der Waals surface area contributed by atoms with E-state index in [-0.39, 0.29) is 35.8 Å². The molecular weight excluding hydrogens is 464 g/mol. The Bertz CT molecular complexity index is 1260. The van der Waals surface area contributed by atoms with Crippen molar-refractivity contribution in [3.8, 4) is 11.5 Å². The van der Waals surface area contributed by atoms with Crippen molar-refractivity contribution < 1.29 is 19.7 Å². The maximum Gasteiger partial charge on any atom is 0.226 e. The molecule has 194 valence electrons. The molecule has 4 fully saturated rings. The van der Waals surface area contributed by atoms with Gasteiger partial charge >= 0.3 is 0 Å². The van der Waals surface area contributed by atoms with Crippen LogP contribution in [0.5, 0.6) is 11.5 Å². The third-order valence-corrected chi connectivity index (χ3v) is 10.8. The van der Waals surface area contributed by atoms with Crippen LogP contribution in [0.2, 0.25) is 0 Å². The standard InChI is InChI=1S/C31H36N2O4/c34-24-9-8-21-17-25-31(36)12-10-23(33-14-11-22(29(33)35)16-19-4-2-1-3-5-19)28-30(31,26(21)27(24)37-28)13-15-32(25)18-20-6-7-20/h1-5,8-9,20,22-23,25,28,34,36H,6-7,10-18H2/t22?,23?,25-,28?,30+,31-/m1/s1. The number of piperidine rings is 1. The highest BCUT2D eigenvalue weighted by Gasteiger charge is 2.73. The number of likely N-dealkylation sites (tertiary alicyclic amines) is 2. The van der Waals surface area contributed by atoms with Crippen molar-refractivity contribution in [1.29, 1.82) is 0 Å². The topological polar surface area (TPSA) is 73.2 Å². The molecule has 3 aliphatic carbocycles. The van der Waals surface area contributed by atoms with E-state index in [0.29, 0.717) is 12.2 Å². The zero-order valence-electron chi connectivity index (χ0n) is 21.3. The highest BCUT2D eigenvalue weighted by Crippen LogP contribution is 2.66. The number of carbonyl (C=O) groups is 1. The molecular formula is C31H36N2O4. The van der Waals surface area contributed by atoms with Gasteiger partial charge in [0.15, 0.2) is 11.5 Å². The summed E-state index contributed by atoms with van der Waals surface area (Å²) < 4.78 is 6.71. The van der Waals surface area contributed by atoms with Crippen LogP contribution in [-0.2, 0) is 23.1 Å². The normalized spacial score (nSPS) is 38.0. The van der Waals surface area contributed by atoms with Crippen molar-refractivity contribution >= 4 is 5.91 Å². The van der Waals surface area contributed by atoms with Crippen LogP contribution < -0.4 is 4.74 Å². The second-order valence-electron chi connectivity index (χ2n) is 12.6. The molecule has 2 bridgehead atoms. The Morgan fingerprint density at radius 3 is 2.65 bits per heavy atom. The maximum atomic E-state index is 13.8. The van der Waals surface area contributed by atoms with E-state index in [2.05, 4.69) is 28.0 Å². The molecule has 8 rings (SSSR count). The van der Waals surface area contributed by atoms with Gasteiger partial charge in [0.1, 0.15) is 6.10 Å². The lowest BCUT2D eigenvalue weighted by atomic mass is 9.48. The summed E-state index contributed by atoms with van der Waals surface area (Å²) in [5, 5.41) is 23.6.